The molecule has 0 spiro atoms. The minimum atomic E-state index is -2.72. The number of carbonyl (C=O) groups excluding carboxylic acids is 1. The molecule has 0 aliphatic carbocycles. The van der Waals surface area contributed by atoms with Crippen molar-refractivity contribution >= 4 is 5.78 Å². The monoisotopic (exact) mass is 430 g/mol. The fraction of sp³-hybridized carbons (Fsp3) is 0.933. The molecule has 0 aromatic rings. The number of ether oxygens (including phenoxy) is 3. The van der Waals surface area contributed by atoms with E-state index in [1.807, 2.05) is 0 Å². The molecule has 0 radical (unpaired) electrons. The van der Waals surface area contributed by atoms with Crippen LogP contribution in [0.15, 0.2) is 0 Å². The molecule has 10 N–H and O–H groups in total. The second-order valence-corrected chi connectivity index (χ2v) is 6.85. The van der Waals surface area contributed by atoms with Crippen molar-refractivity contribution < 1.29 is 70.1 Å². The lowest BCUT2D eigenvalue weighted by Crippen LogP contribution is -2.72. The first-order chi connectivity index (χ1) is 13.5. The highest BCUT2D eigenvalue weighted by molar-refractivity contribution is 5.92. The summed E-state index contributed by atoms with van der Waals surface area (Å²) < 4.78 is 15.3. The molecule has 2 saturated heterocycles. The first kappa shape index (κ1) is 24.4. The highest BCUT2D eigenvalue weighted by Gasteiger charge is 2.60. The number of aliphatic hydroxyl groups is 10. The summed E-state index contributed by atoms with van der Waals surface area (Å²) in [5, 5.41) is 97.3. The Hall–Kier alpha value is -0.850. The molecular weight excluding hydrogens is 404 g/mol. The second-order valence-electron chi connectivity index (χ2n) is 6.85. The number of ketones is 1. The van der Waals surface area contributed by atoms with Crippen LogP contribution in [0.5, 0.6) is 0 Å². The van der Waals surface area contributed by atoms with E-state index in [2.05, 4.69) is 0 Å². The number of aliphatic hydroxyl groups excluding tert-OH is 10. The second kappa shape index (κ2) is 9.52. The van der Waals surface area contributed by atoms with Crippen molar-refractivity contribution in [1.29, 1.82) is 0 Å². The van der Waals surface area contributed by atoms with E-state index in [-0.39, 0.29) is 0 Å². The van der Waals surface area contributed by atoms with Crippen LogP contribution in [0, 0.1) is 0 Å². The largest absolute Gasteiger partial charge is 0.394 e. The zero-order chi connectivity index (χ0) is 22.1. The van der Waals surface area contributed by atoms with Crippen molar-refractivity contribution in [2.75, 3.05) is 19.8 Å². The molecule has 0 aromatic carbocycles. The highest BCUT2D eigenvalue weighted by atomic mass is 16.7. The summed E-state index contributed by atoms with van der Waals surface area (Å²) in [4.78, 5) is 12.4. The predicted octanol–water partition coefficient (Wildman–Crippen LogP) is -7.10. The van der Waals surface area contributed by atoms with Gasteiger partial charge in [0.05, 0.1) is 19.8 Å². The van der Waals surface area contributed by atoms with Crippen LogP contribution in [-0.4, -0.2) is 144 Å². The molecule has 0 bridgehead atoms. The molecule has 2 aliphatic heterocycles. The Morgan fingerprint density at radius 2 is 1.59 bits per heavy atom. The number of hydrogen-bond donors (Lipinski definition) is 10. The van der Waals surface area contributed by atoms with E-state index in [0.717, 1.165) is 0 Å². The van der Waals surface area contributed by atoms with E-state index >= 15 is 0 Å². The molecule has 170 valence electrons. The molecule has 0 amide bonds. The lowest BCUT2D eigenvalue weighted by Gasteiger charge is -2.49. The van der Waals surface area contributed by atoms with Crippen molar-refractivity contribution in [3.8, 4) is 0 Å². The molecule has 29 heavy (non-hydrogen) atoms. The van der Waals surface area contributed by atoms with Crippen molar-refractivity contribution in [2.45, 2.75) is 67.0 Å². The van der Waals surface area contributed by atoms with Crippen molar-refractivity contribution in [2.24, 2.45) is 0 Å². The maximum Gasteiger partial charge on any atom is 0.200 e. The number of Topliss-reactive ketones (excluding diaryl/α,β-unsaturated/α-hetero) is 1. The molecule has 2 fully saturated rings. The molecule has 14 nitrogen and oxygen atoms in total. The molecule has 2 rings (SSSR count). The lowest BCUT2D eigenvalue weighted by atomic mass is 9.82. The fourth-order valence-corrected chi connectivity index (χ4v) is 3.25. The smallest absolute Gasteiger partial charge is 0.200 e. The third-order valence-corrected chi connectivity index (χ3v) is 5.01. The molecule has 11 atom stereocenters. The summed E-state index contributed by atoms with van der Waals surface area (Å²) in [6, 6.07) is 0. The standard InChI is InChI=1S/C15H26O14/c16-1-4(19)11(24)15(3-18)12(25)7(21)9(23)14(29-15)28-10-5(2-17)27-13(26)8(22)6(10)20/h4-10,12-14,16-23,25-26H,1-3H2/t4?,5-,6-,7-,8-,9-,10-,12-,13-,14+,15+/m1/s1. The minimum Gasteiger partial charge on any atom is -0.394 e. The van der Waals surface area contributed by atoms with Gasteiger partial charge in [0.2, 0.25) is 5.78 Å². The van der Waals surface area contributed by atoms with Crippen LogP contribution in [0.25, 0.3) is 0 Å². The third kappa shape index (κ3) is 4.31. The summed E-state index contributed by atoms with van der Waals surface area (Å²) in [7, 11) is 0. The Labute approximate surface area is 163 Å². The molecule has 0 saturated carbocycles. The molecule has 1 unspecified atom stereocenters. The molecule has 2 aliphatic rings. The SMILES string of the molecule is O=C(C(O)CO)[C@]1(CO)O[C@H](O[C@H]2[C@H](O)[C@@H](O)[C@H](O)O[C@@H]2CO)[C@H](O)[C@@H](O)[C@H]1O. The average molecular weight is 430 g/mol. The van der Waals surface area contributed by atoms with Crippen LogP contribution in [-0.2, 0) is 19.0 Å². The molecular formula is C15H26O14. The van der Waals surface area contributed by atoms with Crippen LogP contribution >= 0.6 is 0 Å². The van der Waals surface area contributed by atoms with Gasteiger partial charge in [-0.1, -0.05) is 0 Å². The van der Waals surface area contributed by atoms with Crippen LogP contribution in [0.3, 0.4) is 0 Å². The van der Waals surface area contributed by atoms with Crippen molar-refractivity contribution in [1.82, 2.24) is 0 Å². The first-order valence-electron chi connectivity index (χ1n) is 8.67. The zero-order valence-corrected chi connectivity index (χ0v) is 15.0. The Balaban J connectivity index is 2.32. The molecule has 0 aromatic heterocycles. The van der Waals surface area contributed by atoms with Crippen LogP contribution in [0.2, 0.25) is 0 Å². The van der Waals surface area contributed by atoms with Crippen LogP contribution in [0.1, 0.15) is 0 Å². The van der Waals surface area contributed by atoms with E-state index in [0.29, 0.717) is 0 Å². The van der Waals surface area contributed by atoms with Gasteiger partial charge in [-0.15, -0.1) is 0 Å². The van der Waals surface area contributed by atoms with E-state index in [1.54, 1.807) is 0 Å². The molecule has 2 heterocycles. The maximum absolute atomic E-state index is 12.4. The summed E-state index contributed by atoms with van der Waals surface area (Å²) in [6.07, 6.45) is -19.4. The topological polar surface area (TPSA) is 247 Å². The Morgan fingerprint density at radius 1 is 0.966 bits per heavy atom. The van der Waals surface area contributed by atoms with Gasteiger partial charge in [-0.3, -0.25) is 4.79 Å². The summed E-state index contributed by atoms with van der Waals surface area (Å²) in [6.45, 7) is -3.23. The third-order valence-electron chi connectivity index (χ3n) is 5.01. The van der Waals surface area contributed by atoms with Crippen molar-refractivity contribution in [3.63, 3.8) is 0 Å². The summed E-state index contributed by atoms with van der Waals surface area (Å²) >= 11 is 0. The van der Waals surface area contributed by atoms with Gasteiger partial charge in [0.25, 0.3) is 0 Å². The molecule has 14 heteroatoms. The van der Waals surface area contributed by atoms with Gasteiger partial charge in [0.1, 0.15) is 48.8 Å². The quantitative estimate of drug-likeness (QED) is 0.180. The van der Waals surface area contributed by atoms with Crippen LogP contribution < -0.4 is 0 Å². The van der Waals surface area contributed by atoms with E-state index in [9.17, 15) is 50.8 Å². The fourth-order valence-electron chi connectivity index (χ4n) is 3.25. The summed E-state index contributed by atoms with van der Waals surface area (Å²) in [5.74, 6) is -1.43. The van der Waals surface area contributed by atoms with E-state index in [4.69, 9.17) is 19.3 Å². The lowest BCUT2D eigenvalue weighted by molar-refractivity contribution is -0.368. The van der Waals surface area contributed by atoms with Crippen LogP contribution in [0.4, 0.5) is 0 Å². The van der Waals surface area contributed by atoms with Crippen molar-refractivity contribution in [3.05, 3.63) is 0 Å². The van der Waals surface area contributed by atoms with E-state index < -0.39 is 92.6 Å². The minimum absolute atomic E-state index is 0.827. The van der Waals surface area contributed by atoms with Gasteiger partial charge >= 0.3 is 0 Å². The van der Waals surface area contributed by atoms with Gasteiger partial charge in [0.15, 0.2) is 18.2 Å². The summed E-state index contributed by atoms with van der Waals surface area (Å²) in [5.41, 5.74) is -2.72. The van der Waals surface area contributed by atoms with Gasteiger partial charge in [-0.25, -0.2) is 0 Å². The maximum atomic E-state index is 12.4. The Kier molecular flexibility index (Phi) is 8.02. The first-order valence-corrected chi connectivity index (χ1v) is 8.67. The van der Waals surface area contributed by atoms with Gasteiger partial charge in [-0.2, -0.15) is 0 Å². The van der Waals surface area contributed by atoms with Gasteiger partial charge in [-0.05, 0) is 0 Å². The zero-order valence-electron chi connectivity index (χ0n) is 15.0. The number of carbonyl (C=O) groups is 1. The predicted molar refractivity (Wildman–Crippen MR) is 85.7 cm³/mol. The normalized spacial score (nSPS) is 47.0. The average Bonchev–Trinajstić information content (AvgIpc) is 2.72. The Bertz CT molecular complexity index is 559. The van der Waals surface area contributed by atoms with Gasteiger partial charge in [0, 0.05) is 0 Å². The van der Waals surface area contributed by atoms with Gasteiger partial charge < -0.3 is 65.3 Å². The number of hydrogen-bond acceptors (Lipinski definition) is 14. The van der Waals surface area contributed by atoms with E-state index in [1.165, 1.54) is 0 Å². The Morgan fingerprint density at radius 3 is 2.10 bits per heavy atom. The highest BCUT2D eigenvalue weighted by Crippen LogP contribution is 2.34. The number of rotatable bonds is 7.